The minimum absolute atomic E-state index is 0.107. The summed E-state index contributed by atoms with van der Waals surface area (Å²) in [5.74, 6) is 0.0587. The van der Waals surface area contributed by atoms with Gasteiger partial charge in [0, 0.05) is 38.8 Å². The molecule has 1 aromatic heterocycles. The second kappa shape index (κ2) is 10.4. The van der Waals surface area contributed by atoms with Crippen molar-refractivity contribution in [2.45, 2.75) is 38.3 Å². The molecule has 1 saturated heterocycles. The largest absolute Gasteiger partial charge is 0.466 e. The first kappa shape index (κ1) is 24.7. The zero-order valence-corrected chi connectivity index (χ0v) is 19.9. The molecule has 10 heteroatoms. The number of ether oxygens (including phenoxy) is 1. The first-order valence-electron chi connectivity index (χ1n) is 11.5. The normalized spacial score (nSPS) is 18.6. The zero-order valence-electron chi connectivity index (χ0n) is 19.1. The number of halogens is 3. The third-order valence-electron chi connectivity index (χ3n) is 6.55. The molecular weight excluding hydrogens is 467 g/mol. The molecule has 0 N–H and O–H groups in total. The van der Waals surface area contributed by atoms with E-state index in [0.29, 0.717) is 22.9 Å². The number of piperazine rings is 1. The predicted molar refractivity (Wildman–Crippen MR) is 127 cm³/mol. The van der Waals surface area contributed by atoms with Gasteiger partial charge >= 0.3 is 12.1 Å². The van der Waals surface area contributed by atoms with E-state index in [9.17, 15) is 22.8 Å². The van der Waals surface area contributed by atoms with Crippen molar-refractivity contribution >= 4 is 38.6 Å². The van der Waals surface area contributed by atoms with E-state index >= 15 is 0 Å². The van der Waals surface area contributed by atoms with Crippen LogP contribution in [0.3, 0.4) is 0 Å². The lowest BCUT2D eigenvalue weighted by Gasteiger charge is -2.37. The molecule has 0 bridgehead atoms. The van der Waals surface area contributed by atoms with Crippen molar-refractivity contribution in [3.05, 3.63) is 39.7 Å². The molecule has 1 aromatic carbocycles. The molecule has 4 rings (SSSR count). The van der Waals surface area contributed by atoms with Crippen LogP contribution in [0.4, 0.5) is 18.3 Å². The molecule has 1 aliphatic heterocycles. The second-order valence-electron chi connectivity index (χ2n) is 8.89. The fraction of sp³-hybridized carbons (Fsp3) is 0.542. The van der Waals surface area contributed by atoms with E-state index in [1.54, 1.807) is 0 Å². The number of carbonyl (C=O) groups excluding carboxylic acids is 1. The van der Waals surface area contributed by atoms with Crippen LogP contribution in [0.5, 0.6) is 0 Å². The molecule has 2 heterocycles. The molecule has 34 heavy (non-hydrogen) atoms. The van der Waals surface area contributed by atoms with Crippen molar-refractivity contribution < 1.29 is 22.7 Å². The lowest BCUT2D eigenvalue weighted by atomic mass is 9.89. The maximum atomic E-state index is 13.4. The SMILES string of the molecule is COC(=O)/C=C/c1cc(C(F)(F)F)cc2c(=O)nc(N3CCN(CC4CCCCC4)CC3)sc12. The monoisotopic (exact) mass is 495 g/mol. The standard InChI is InChI=1S/C24H28F3N3O3S/c1-33-20(31)8-7-17-13-18(24(25,26)27)14-19-21(17)34-23(28-22(19)32)30-11-9-29(10-12-30)15-16-5-3-2-4-6-16/h7-8,13-14,16H,2-6,9-12,15H2,1H3/b8-7+. The fourth-order valence-electron chi connectivity index (χ4n) is 4.69. The van der Waals surface area contributed by atoms with Crippen LogP contribution >= 0.6 is 11.3 Å². The Kier molecular flexibility index (Phi) is 7.57. The number of fused-ring (bicyclic) bond motifs is 1. The van der Waals surface area contributed by atoms with Crippen molar-refractivity contribution in [1.29, 1.82) is 0 Å². The summed E-state index contributed by atoms with van der Waals surface area (Å²) in [6, 6.07) is 1.78. The van der Waals surface area contributed by atoms with Gasteiger partial charge in [0.25, 0.3) is 5.56 Å². The predicted octanol–water partition coefficient (Wildman–Crippen LogP) is 4.56. The molecule has 1 aliphatic carbocycles. The van der Waals surface area contributed by atoms with E-state index < -0.39 is 23.3 Å². The molecule has 0 spiro atoms. The summed E-state index contributed by atoms with van der Waals surface area (Å²) in [6.07, 6.45) is 4.20. The molecule has 184 valence electrons. The first-order valence-corrected chi connectivity index (χ1v) is 12.4. The molecule has 2 aliphatic rings. The van der Waals surface area contributed by atoms with Crippen molar-refractivity contribution in [2.75, 3.05) is 44.7 Å². The number of alkyl halides is 3. The summed E-state index contributed by atoms with van der Waals surface area (Å²) in [6.45, 7) is 4.22. The summed E-state index contributed by atoms with van der Waals surface area (Å²) in [7, 11) is 1.19. The van der Waals surface area contributed by atoms with Crippen molar-refractivity contribution in [3.8, 4) is 0 Å². The summed E-state index contributed by atoms with van der Waals surface area (Å²) in [4.78, 5) is 32.9. The molecule has 6 nitrogen and oxygen atoms in total. The number of aromatic nitrogens is 1. The Morgan fingerprint density at radius 2 is 1.88 bits per heavy atom. The van der Waals surface area contributed by atoms with Gasteiger partial charge < -0.3 is 9.64 Å². The number of benzene rings is 1. The van der Waals surface area contributed by atoms with Crippen LogP contribution in [-0.4, -0.2) is 55.7 Å². The molecular formula is C24H28F3N3O3S. The number of nitrogens with zero attached hydrogens (tertiary/aromatic N) is 3. The highest BCUT2D eigenvalue weighted by atomic mass is 32.1. The van der Waals surface area contributed by atoms with Crippen LogP contribution in [0.2, 0.25) is 0 Å². The number of carbonyl (C=O) groups is 1. The minimum atomic E-state index is -4.63. The molecule has 2 aromatic rings. The van der Waals surface area contributed by atoms with Crippen LogP contribution in [0, 0.1) is 5.92 Å². The highest BCUT2D eigenvalue weighted by molar-refractivity contribution is 7.22. The third-order valence-corrected chi connectivity index (χ3v) is 7.74. The summed E-state index contributed by atoms with van der Waals surface area (Å²) >= 11 is 1.18. The number of hydrogen-bond acceptors (Lipinski definition) is 7. The average molecular weight is 496 g/mol. The van der Waals surface area contributed by atoms with Crippen molar-refractivity contribution in [3.63, 3.8) is 0 Å². The number of hydrogen-bond donors (Lipinski definition) is 0. The van der Waals surface area contributed by atoms with Crippen molar-refractivity contribution in [2.24, 2.45) is 5.92 Å². The minimum Gasteiger partial charge on any atom is -0.466 e. The van der Waals surface area contributed by atoms with E-state index in [0.717, 1.165) is 43.8 Å². The lowest BCUT2D eigenvalue weighted by Crippen LogP contribution is -2.48. The zero-order chi connectivity index (χ0) is 24.3. The highest BCUT2D eigenvalue weighted by Gasteiger charge is 2.32. The number of anilines is 1. The molecule has 0 unspecified atom stereocenters. The van der Waals surface area contributed by atoms with Gasteiger partial charge in [-0.15, -0.1) is 0 Å². The van der Waals surface area contributed by atoms with Gasteiger partial charge in [0.15, 0.2) is 5.13 Å². The highest BCUT2D eigenvalue weighted by Crippen LogP contribution is 2.36. The van der Waals surface area contributed by atoms with E-state index in [4.69, 9.17) is 0 Å². The van der Waals surface area contributed by atoms with Gasteiger partial charge in [-0.25, -0.2) is 4.79 Å². The van der Waals surface area contributed by atoms with Gasteiger partial charge in [-0.2, -0.15) is 18.2 Å². The number of rotatable bonds is 5. The topological polar surface area (TPSA) is 62.7 Å². The van der Waals surface area contributed by atoms with Crippen LogP contribution in [0.1, 0.15) is 43.2 Å². The maximum absolute atomic E-state index is 13.4. The number of methoxy groups -OCH3 is 1. The van der Waals surface area contributed by atoms with E-state index in [1.165, 1.54) is 56.6 Å². The molecule has 1 saturated carbocycles. The Labute approximate surface area is 200 Å². The number of esters is 1. The Morgan fingerprint density at radius 1 is 1.18 bits per heavy atom. The first-order chi connectivity index (χ1) is 16.2. The van der Waals surface area contributed by atoms with E-state index in [1.807, 2.05) is 4.90 Å². The van der Waals surface area contributed by atoms with Crippen LogP contribution in [0.15, 0.2) is 23.0 Å². The second-order valence-corrected chi connectivity index (χ2v) is 9.87. The van der Waals surface area contributed by atoms with Gasteiger partial charge in [0.2, 0.25) is 0 Å². The Bertz CT molecular complexity index is 1120. The van der Waals surface area contributed by atoms with E-state index in [-0.39, 0.29) is 10.9 Å². The summed E-state index contributed by atoms with van der Waals surface area (Å²) in [5, 5.41) is 0.381. The molecule has 2 fully saturated rings. The van der Waals surface area contributed by atoms with Crippen LogP contribution < -0.4 is 10.5 Å². The molecule has 0 amide bonds. The van der Waals surface area contributed by atoms with Gasteiger partial charge in [-0.1, -0.05) is 30.6 Å². The van der Waals surface area contributed by atoms with Gasteiger partial charge in [0.1, 0.15) is 0 Å². The van der Waals surface area contributed by atoms with E-state index in [2.05, 4.69) is 14.6 Å². The van der Waals surface area contributed by atoms with Gasteiger partial charge in [-0.05, 0) is 42.5 Å². The Hall–Kier alpha value is -2.46. The summed E-state index contributed by atoms with van der Waals surface area (Å²) in [5.41, 5.74) is -1.52. The quantitative estimate of drug-likeness (QED) is 0.448. The van der Waals surface area contributed by atoms with Crippen LogP contribution in [-0.2, 0) is 15.7 Å². The molecule has 0 atom stereocenters. The van der Waals surface area contributed by atoms with Crippen LogP contribution in [0.25, 0.3) is 16.2 Å². The Morgan fingerprint density at radius 3 is 2.53 bits per heavy atom. The fourth-order valence-corrected chi connectivity index (χ4v) is 5.81. The lowest BCUT2D eigenvalue weighted by molar-refractivity contribution is -0.137. The van der Waals surface area contributed by atoms with Gasteiger partial charge in [0.05, 0.1) is 22.8 Å². The molecule has 0 radical (unpaired) electrons. The third kappa shape index (κ3) is 5.78. The summed E-state index contributed by atoms with van der Waals surface area (Å²) < 4.78 is 45.2. The van der Waals surface area contributed by atoms with Gasteiger partial charge in [-0.3, -0.25) is 9.69 Å². The smallest absolute Gasteiger partial charge is 0.416 e. The Balaban J connectivity index is 1.60. The average Bonchev–Trinajstić information content (AvgIpc) is 2.82. The maximum Gasteiger partial charge on any atom is 0.416 e. The van der Waals surface area contributed by atoms with Crippen molar-refractivity contribution in [1.82, 2.24) is 9.88 Å².